The van der Waals surface area contributed by atoms with Gasteiger partial charge in [-0.25, -0.2) is 4.90 Å². The van der Waals surface area contributed by atoms with Crippen LogP contribution in [-0.2, 0) is 11.2 Å². The molecule has 1 heterocycles. The van der Waals surface area contributed by atoms with Gasteiger partial charge in [0, 0.05) is 10.8 Å². The summed E-state index contributed by atoms with van der Waals surface area (Å²) in [4.78, 5) is 39.1. The summed E-state index contributed by atoms with van der Waals surface area (Å²) in [6.45, 7) is 4.20. The third-order valence-corrected chi connectivity index (χ3v) is 5.44. The molecule has 3 aromatic rings. The summed E-state index contributed by atoms with van der Waals surface area (Å²) >= 11 is 6.37. The minimum atomic E-state index is -1.01. The summed E-state index contributed by atoms with van der Waals surface area (Å²) < 4.78 is 11.7. The van der Waals surface area contributed by atoms with Crippen LogP contribution in [0.5, 0.6) is 11.5 Å². The van der Waals surface area contributed by atoms with Gasteiger partial charge in [0.2, 0.25) is 0 Å². The number of anilines is 1. The maximum absolute atomic E-state index is 13.5. The summed E-state index contributed by atoms with van der Waals surface area (Å²) in [5, 5.41) is 10.4. The second kappa shape index (κ2) is 8.51. The molecule has 1 N–H and O–H groups in total. The lowest BCUT2D eigenvalue weighted by Gasteiger charge is -2.16. The van der Waals surface area contributed by atoms with Crippen LogP contribution >= 0.6 is 11.6 Å². The van der Waals surface area contributed by atoms with E-state index in [0.29, 0.717) is 41.0 Å². The van der Waals surface area contributed by atoms with Gasteiger partial charge in [0.05, 0.1) is 41.5 Å². The Morgan fingerprint density at radius 1 is 0.938 bits per heavy atom. The molecule has 0 unspecified atom stereocenters. The lowest BCUT2D eigenvalue weighted by atomic mass is 9.99. The first kappa shape index (κ1) is 21.6. The predicted octanol–water partition coefficient (Wildman–Crippen LogP) is 4.72. The van der Waals surface area contributed by atoms with Gasteiger partial charge in [-0.1, -0.05) is 41.9 Å². The van der Waals surface area contributed by atoms with E-state index in [1.165, 1.54) is 18.2 Å². The standard InChI is InChI=1S/C24H20ClNO6/c1-3-31-21-14-7-5-6-8-15(14)22(32-4-2)20-19(21)23(29)26(24(20)30)17-10-9-13(11-16(17)25)12-18(27)28/h5-11H,3-4,12H2,1-2H3,(H,27,28). The number of amides is 2. The van der Waals surface area contributed by atoms with Gasteiger partial charge in [0.1, 0.15) is 11.5 Å². The van der Waals surface area contributed by atoms with Crippen molar-refractivity contribution < 1.29 is 29.0 Å². The van der Waals surface area contributed by atoms with Gasteiger partial charge in [-0.3, -0.25) is 14.4 Å². The molecule has 1 aliphatic heterocycles. The molecule has 0 spiro atoms. The smallest absolute Gasteiger partial charge is 0.307 e. The minimum Gasteiger partial charge on any atom is -0.492 e. The zero-order chi connectivity index (χ0) is 23.0. The summed E-state index contributed by atoms with van der Waals surface area (Å²) in [5.41, 5.74) is 0.883. The maximum Gasteiger partial charge on any atom is 0.307 e. The summed E-state index contributed by atoms with van der Waals surface area (Å²) in [6.07, 6.45) is -0.226. The predicted molar refractivity (Wildman–Crippen MR) is 120 cm³/mol. The molecule has 0 fully saturated rings. The topological polar surface area (TPSA) is 93.1 Å². The lowest BCUT2D eigenvalue weighted by molar-refractivity contribution is -0.136. The van der Waals surface area contributed by atoms with Crippen molar-refractivity contribution in [1.29, 1.82) is 0 Å². The highest BCUT2D eigenvalue weighted by atomic mass is 35.5. The van der Waals surface area contributed by atoms with Gasteiger partial charge in [-0.2, -0.15) is 0 Å². The van der Waals surface area contributed by atoms with Gasteiger partial charge >= 0.3 is 5.97 Å². The molecule has 8 heteroatoms. The average Bonchev–Trinajstić information content (AvgIpc) is 3.01. The monoisotopic (exact) mass is 453 g/mol. The molecule has 32 heavy (non-hydrogen) atoms. The average molecular weight is 454 g/mol. The van der Waals surface area contributed by atoms with E-state index in [4.69, 9.17) is 26.2 Å². The molecule has 0 aliphatic carbocycles. The normalized spacial score (nSPS) is 12.9. The Balaban J connectivity index is 1.94. The van der Waals surface area contributed by atoms with Gasteiger partial charge in [-0.15, -0.1) is 0 Å². The minimum absolute atomic E-state index is 0.0960. The quantitative estimate of drug-likeness (QED) is 0.520. The van der Waals surface area contributed by atoms with E-state index in [9.17, 15) is 14.4 Å². The highest BCUT2D eigenvalue weighted by molar-refractivity contribution is 6.41. The van der Waals surface area contributed by atoms with E-state index in [2.05, 4.69) is 0 Å². The third-order valence-electron chi connectivity index (χ3n) is 5.14. The molecule has 0 saturated heterocycles. The number of hydrogen-bond donors (Lipinski definition) is 1. The largest absolute Gasteiger partial charge is 0.492 e. The van der Waals surface area contributed by atoms with Crippen LogP contribution in [0.4, 0.5) is 5.69 Å². The van der Waals surface area contributed by atoms with Crippen LogP contribution in [0.15, 0.2) is 42.5 Å². The molecule has 0 saturated carbocycles. The zero-order valence-corrected chi connectivity index (χ0v) is 18.2. The fourth-order valence-electron chi connectivity index (χ4n) is 3.92. The number of carbonyl (C=O) groups is 3. The Kier molecular flexibility index (Phi) is 5.76. The van der Waals surface area contributed by atoms with E-state index in [1.807, 2.05) is 24.3 Å². The van der Waals surface area contributed by atoms with E-state index in [1.54, 1.807) is 13.8 Å². The molecule has 2 amide bonds. The Bertz CT molecular complexity index is 1200. The molecule has 4 rings (SSSR count). The number of carboxylic acids is 1. The van der Waals surface area contributed by atoms with Crippen molar-refractivity contribution in [2.75, 3.05) is 18.1 Å². The Morgan fingerprint density at radius 3 is 1.91 bits per heavy atom. The number of fused-ring (bicyclic) bond motifs is 2. The van der Waals surface area contributed by atoms with Crippen LogP contribution in [0.3, 0.4) is 0 Å². The summed E-state index contributed by atoms with van der Waals surface area (Å²) in [5.74, 6) is -1.52. The number of hydrogen-bond acceptors (Lipinski definition) is 5. The fourth-order valence-corrected chi connectivity index (χ4v) is 4.21. The SMILES string of the molecule is CCOc1c2c(c(OCC)c3ccccc13)C(=O)N(c1ccc(CC(=O)O)cc1Cl)C2=O. The second-order valence-corrected chi connectivity index (χ2v) is 7.53. The number of carbonyl (C=O) groups excluding carboxylic acids is 2. The number of aliphatic carboxylic acids is 1. The number of rotatable bonds is 7. The highest BCUT2D eigenvalue weighted by Crippen LogP contribution is 2.46. The molecular formula is C24H20ClNO6. The molecule has 0 bridgehead atoms. The van der Waals surface area contributed by atoms with Crippen LogP contribution in [0.25, 0.3) is 10.8 Å². The van der Waals surface area contributed by atoms with E-state index < -0.39 is 17.8 Å². The van der Waals surface area contributed by atoms with Gasteiger partial charge < -0.3 is 14.6 Å². The molecule has 0 atom stereocenters. The molecule has 3 aromatic carbocycles. The first-order valence-electron chi connectivity index (χ1n) is 10.1. The number of carboxylic acid groups (broad SMARTS) is 1. The van der Waals surface area contributed by atoms with Crippen LogP contribution in [0.2, 0.25) is 5.02 Å². The molecule has 0 radical (unpaired) electrons. The first-order chi connectivity index (χ1) is 15.4. The number of ether oxygens (including phenoxy) is 2. The Hall–Kier alpha value is -3.58. The fraction of sp³-hybridized carbons (Fsp3) is 0.208. The summed E-state index contributed by atoms with van der Waals surface area (Å²) in [6, 6.07) is 11.7. The van der Waals surface area contributed by atoms with Gasteiger partial charge in [-0.05, 0) is 31.5 Å². The van der Waals surface area contributed by atoms with Crippen LogP contribution in [-0.4, -0.2) is 36.1 Å². The van der Waals surface area contributed by atoms with Crippen LogP contribution in [0.1, 0.15) is 40.1 Å². The van der Waals surface area contributed by atoms with Gasteiger partial charge in [0.25, 0.3) is 11.8 Å². The van der Waals surface area contributed by atoms with Crippen LogP contribution in [0, 0.1) is 0 Å². The van der Waals surface area contributed by atoms with E-state index >= 15 is 0 Å². The first-order valence-corrected chi connectivity index (χ1v) is 10.5. The second-order valence-electron chi connectivity index (χ2n) is 7.12. The van der Waals surface area contributed by atoms with Crippen molar-refractivity contribution in [3.63, 3.8) is 0 Å². The molecular weight excluding hydrogens is 434 g/mol. The van der Waals surface area contributed by atoms with Crippen molar-refractivity contribution in [3.8, 4) is 11.5 Å². The number of nitrogens with zero attached hydrogens (tertiary/aromatic N) is 1. The number of halogens is 1. The van der Waals surface area contributed by atoms with E-state index in [0.717, 1.165) is 4.90 Å². The van der Waals surface area contributed by atoms with Crippen molar-refractivity contribution in [1.82, 2.24) is 0 Å². The van der Waals surface area contributed by atoms with E-state index in [-0.39, 0.29) is 28.3 Å². The highest BCUT2D eigenvalue weighted by Gasteiger charge is 2.44. The third kappa shape index (κ3) is 3.44. The van der Waals surface area contributed by atoms with Crippen molar-refractivity contribution in [2.24, 2.45) is 0 Å². The van der Waals surface area contributed by atoms with Crippen molar-refractivity contribution >= 4 is 45.8 Å². The molecule has 7 nitrogen and oxygen atoms in total. The van der Waals surface area contributed by atoms with Gasteiger partial charge in [0.15, 0.2) is 0 Å². The Labute approximate surface area is 189 Å². The number of benzene rings is 3. The maximum atomic E-state index is 13.5. The van der Waals surface area contributed by atoms with Crippen LogP contribution < -0.4 is 14.4 Å². The molecule has 1 aliphatic rings. The lowest BCUT2D eigenvalue weighted by Crippen LogP contribution is -2.29. The number of imide groups is 1. The molecule has 0 aromatic heterocycles. The molecule has 164 valence electrons. The summed E-state index contributed by atoms with van der Waals surface area (Å²) in [7, 11) is 0. The zero-order valence-electron chi connectivity index (χ0n) is 17.5. The van der Waals surface area contributed by atoms with Crippen molar-refractivity contribution in [3.05, 3.63) is 64.2 Å². The van der Waals surface area contributed by atoms with Crippen molar-refractivity contribution in [2.45, 2.75) is 20.3 Å². The Morgan fingerprint density at radius 2 is 1.47 bits per heavy atom.